The predicted octanol–water partition coefficient (Wildman–Crippen LogP) is 3.37. The monoisotopic (exact) mass is 341 g/mol. The second-order valence-corrected chi connectivity index (χ2v) is 6.26. The van der Waals surface area contributed by atoms with Crippen molar-refractivity contribution >= 4 is 23.3 Å². The summed E-state index contributed by atoms with van der Waals surface area (Å²) < 4.78 is 13.6. The molecule has 2 aromatic carbocycles. The van der Waals surface area contributed by atoms with Crippen molar-refractivity contribution in [3.63, 3.8) is 0 Å². The first kappa shape index (κ1) is 17.0. The quantitative estimate of drug-likeness (QED) is 0.899. The smallest absolute Gasteiger partial charge is 0.319 e. The maximum Gasteiger partial charge on any atom is 0.319 e. The van der Waals surface area contributed by atoms with Gasteiger partial charge in [0.1, 0.15) is 11.9 Å². The second-order valence-electron chi connectivity index (χ2n) is 6.26. The fourth-order valence-electron chi connectivity index (χ4n) is 3.06. The highest BCUT2D eigenvalue weighted by atomic mass is 19.1. The molecule has 1 atom stereocenters. The Hall–Kier alpha value is -2.89. The number of hydrogen-bond donors (Lipinski definition) is 2. The molecule has 0 bridgehead atoms. The topological polar surface area (TPSA) is 61.4 Å². The first-order valence-corrected chi connectivity index (χ1v) is 8.16. The van der Waals surface area contributed by atoms with Gasteiger partial charge in [0.25, 0.3) is 0 Å². The molecule has 0 aliphatic carbocycles. The maximum atomic E-state index is 13.6. The van der Waals surface area contributed by atoms with E-state index in [2.05, 4.69) is 10.6 Å². The van der Waals surface area contributed by atoms with E-state index < -0.39 is 17.9 Å². The van der Waals surface area contributed by atoms with Gasteiger partial charge in [0.15, 0.2) is 0 Å². The number of urea groups is 1. The summed E-state index contributed by atoms with van der Waals surface area (Å²) in [7, 11) is 0. The Morgan fingerprint density at radius 2 is 1.84 bits per heavy atom. The summed E-state index contributed by atoms with van der Waals surface area (Å²) in [6.07, 6.45) is 0.510. The van der Waals surface area contributed by atoms with Crippen LogP contribution in [0.5, 0.6) is 0 Å². The van der Waals surface area contributed by atoms with Gasteiger partial charge in [0.2, 0.25) is 5.91 Å². The van der Waals surface area contributed by atoms with E-state index in [-0.39, 0.29) is 11.6 Å². The zero-order chi connectivity index (χ0) is 18.0. The molecule has 0 saturated carbocycles. The van der Waals surface area contributed by atoms with Crippen molar-refractivity contribution in [2.24, 2.45) is 0 Å². The van der Waals surface area contributed by atoms with Crippen LogP contribution < -0.4 is 15.5 Å². The van der Waals surface area contributed by atoms with E-state index in [4.69, 9.17) is 0 Å². The van der Waals surface area contributed by atoms with Crippen LogP contribution in [0.15, 0.2) is 42.5 Å². The van der Waals surface area contributed by atoms with Crippen molar-refractivity contribution < 1.29 is 14.0 Å². The summed E-state index contributed by atoms with van der Waals surface area (Å²) >= 11 is 0. The minimum Gasteiger partial charge on any atom is -0.326 e. The molecule has 130 valence electrons. The van der Waals surface area contributed by atoms with E-state index in [0.29, 0.717) is 13.0 Å². The summed E-state index contributed by atoms with van der Waals surface area (Å²) in [6.45, 7) is 4.50. The van der Waals surface area contributed by atoms with Gasteiger partial charge in [-0.1, -0.05) is 18.2 Å². The Morgan fingerprint density at radius 3 is 2.52 bits per heavy atom. The van der Waals surface area contributed by atoms with Gasteiger partial charge in [-0.25, -0.2) is 9.18 Å². The van der Waals surface area contributed by atoms with Crippen LogP contribution in [0, 0.1) is 19.7 Å². The molecule has 3 rings (SSSR count). The van der Waals surface area contributed by atoms with E-state index in [1.807, 2.05) is 32.0 Å². The zero-order valence-electron chi connectivity index (χ0n) is 14.2. The average Bonchev–Trinajstić information content (AvgIpc) is 2.89. The van der Waals surface area contributed by atoms with Crippen molar-refractivity contribution in [1.82, 2.24) is 5.32 Å². The number of amides is 3. The largest absolute Gasteiger partial charge is 0.326 e. The number of benzene rings is 2. The van der Waals surface area contributed by atoms with Crippen LogP contribution in [0.4, 0.5) is 20.6 Å². The molecule has 6 heteroatoms. The van der Waals surface area contributed by atoms with E-state index in [9.17, 15) is 14.0 Å². The van der Waals surface area contributed by atoms with Crippen LogP contribution in [-0.2, 0) is 4.79 Å². The summed E-state index contributed by atoms with van der Waals surface area (Å²) in [5.74, 6) is -0.680. The van der Waals surface area contributed by atoms with E-state index in [0.717, 1.165) is 16.8 Å². The van der Waals surface area contributed by atoms with Crippen molar-refractivity contribution in [3.05, 3.63) is 59.4 Å². The van der Waals surface area contributed by atoms with Gasteiger partial charge in [-0.2, -0.15) is 0 Å². The maximum absolute atomic E-state index is 13.6. The highest BCUT2D eigenvalue weighted by Crippen LogP contribution is 2.24. The number of nitrogens with one attached hydrogen (secondary N) is 2. The molecule has 3 amide bonds. The molecule has 0 unspecified atom stereocenters. The van der Waals surface area contributed by atoms with Gasteiger partial charge < -0.3 is 15.5 Å². The summed E-state index contributed by atoms with van der Waals surface area (Å²) in [6, 6.07) is 10.6. The molecule has 25 heavy (non-hydrogen) atoms. The molecule has 0 spiro atoms. The molecule has 1 saturated heterocycles. The van der Waals surface area contributed by atoms with Crippen LogP contribution >= 0.6 is 0 Å². The minimum atomic E-state index is -0.618. The third-order valence-corrected chi connectivity index (χ3v) is 4.15. The van der Waals surface area contributed by atoms with E-state index >= 15 is 0 Å². The number of halogens is 1. The predicted molar refractivity (Wildman–Crippen MR) is 95.2 cm³/mol. The van der Waals surface area contributed by atoms with E-state index in [1.165, 1.54) is 12.1 Å². The number of nitrogens with zero attached hydrogens (tertiary/aromatic N) is 1. The Morgan fingerprint density at radius 1 is 1.16 bits per heavy atom. The lowest BCUT2D eigenvalue weighted by molar-refractivity contribution is -0.118. The van der Waals surface area contributed by atoms with Crippen LogP contribution in [-0.4, -0.2) is 24.5 Å². The van der Waals surface area contributed by atoms with Gasteiger partial charge in [0, 0.05) is 12.2 Å². The molecule has 0 radical (unpaired) electrons. The number of hydrogen-bond acceptors (Lipinski definition) is 2. The zero-order valence-corrected chi connectivity index (χ0v) is 14.2. The molecule has 1 heterocycles. The Kier molecular flexibility index (Phi) is 4.70. The fourth-order valence-corrected chi connectivity index (χ4v) is 3.06. The third kappa shape index (κ3) is 3.79. The highest BCUT2D eigenvalue weighted by molar-refractivity contribution is 6.02. The van der Waals surface area contributed by atoms with Crippen molar-refractivity contribution in [2.45, 2.75) is 26.3 Å². The van der Waals surface area contributed by atoms with Crippen LogP contribution in [0.1, 0.15) is 17.5 Å². The third-order valence-electron chi connectivity index (χ3n) is 4.15. The Bertz CT molecular complexity index is 802. The van der Waals surface area contributed by atoms with Gasteiger partial charge in [-0.3, -0.25) is 4.79 Å². The molecular formula is C19H20FN3O2. The number of carbonyl (C=O) groups excluding carboxylic acids is 2. The molecule has 5 nitrogen and oxygen atoms in total. The lowest BCUT2D eigenvalue weighted by Gasteiger charge is -2.18. The Balaban J connectivity index is 1.66. The second kappa shape index (κ2) is 6.93. The first-order valence-electron chi connectivity index (χ1n) is 8.16. The normalized spacial score (nSPS) is 16.8. The van der Waals surface area contributed by atoms with Crippen LogP contribution in [0.2, 0.25) is 0 Å². The van der Waals surface area contributed by atoms with Crippen LogP contribution in [0.25, 0.3) is 0 Å². The van der Waals surface area contributed by atoms with Gasteiger partial charge >= 0.3 is 6.03 Å². The molecule has 1 aliphatic rings. The van der Waals surface area contributed by atoms with Crippen molar-refractivity contribution in [2.75, 3.05) is 16.8 Å². The molecule has 1 fully saturated rings. The lowest BCUT2D eigenvalue weighted by atomic mass is 10.1. The molecular weight excluding hydrogens is 321 g/mol. The standard InChI is InChI=1S/C19H20FN3O2/c1-12-9-13(2)11-14(10-12)23-8-7-17(18(23)24)22-19(25)21-16-6-4-3-5-15(16)20/h3-6,9-11,17H,7-8H2,1-2H3,(H2,21,22,25)/t17-/m1/s1. The number of rotatable bonds is 3. The molecule has 2 N–H and O–H groups in total. The fraction of sp³-hybridized carbons (Fsp3) is 0.263. The van der Waals surface area contributed by atoms with Gasteiger partial charge in [-0.05, 0) is 55.7 Å². The average molecular weight is 341 g/mol. The van der Waals surface area contributed by atoms with Gasteiger partial charge in [-0.15, -0.1) is 0 Å². The van der Waals surface area contributed by atoms with Crippen molar-refractivity contribution in [3.8, 4) is 0 Å². The number of aryl methyl sites for hydroxylation is 2. The number of carbonyl (C=O) groups is 2. The lowest BCUT2D eigenvalue weighted by Crippen LogP contribution is -2.43. The molecule has 0 aromatic heterocycles. The molecule has 2 aromatic rings. The number of anilines is 2. The SMILES string of the molecule is Cc1cc(C)cc(N2CC[C@@H](NC(=O)Nc3ccccc3F)C2=O)c1. The van der Waals surface area contributed by atoms with Crippen molar-refractivity contribution in [1.29, 1.82) is 0 Å². The molecule has 1 aliphatic heterocycles. The van der Waals surface area contributed by atoms with Crippen LogP contribution in [0.3, 0.4) is 0 Å². The highest BCUT2D eigenvalue weighted by Gasteiger charge is 2.33. The van der Waals surface area contributed by atoms with E-state index in [1.54, 1.807) is 17.0 Å². The summed E-state index contributed by atoms with van der Waals surface area (Å²) in [4.78, 5) is 26.3. The Labute approximate surface area is 145 Å². The summed E-state index contributed by atoms with van der Waals surface area (Å²) in [5, 5.41) is 5.06. The minimum absolute atomic E-state index is 0.0802. The first-order chi connectivity index (χ1) is 11.9. The number of para-hydroxylation sites is 1. The summed E-state index contributed by atoms with van der Waals surface area (Å²) in [5.41, 5.74) is 3.07. The van der Waals surface area contributed by atoms with Gasteiger partial charge in [0.05, 0.1) is 5.69 Å².